The predicted molar refractivity (Wildman–Crippen MR) is 117 cm³/mol. The zero-order valence-corrected chi connectivity index (χ0v) is 17.3. The number of carbonyl (C=O) groups excluding carboxylic acids is 2. The van der Waals surface area contributed by atoms with Gasteiger partial charge in [-0.3, -0.25) is 9.69 Å². The van der Waals surface area contributed by atoms with Gasteiger partial charge in [-0.15, -0.1) is 0 Å². The standard InChI is InChI=1S/C24H27N3O4/c28-15-19(13-18-14-25-21-10-5-4-9-20(18)21)26-23(29)22-11-6-12-27(22)24(30)31-16-17-7-2-1-3-8-17/h1-5,7-10,14,19,22,25,28H,6,11-13,15-16H2,(H,26,29). The number of aliphatic hydroxyl groups is 1. The Balaban J connectivity index is 1.36. The van der Waals surface area contributed by atoms with Crippen LogP contribution in [0, 0.1) is 0 Å². The molecular formula is C24H27N3O4. The van der Waals surface area contributed by atoms with Crippen molar-refractivity contribution < 1.29 is 19.4 Å². The first-order valence-corrected chi connectivity index (χ1v) is 10.6. The Kier molecular flexibility index (Phi) is 6.52. The van der Waals surface area contributed by atoms with E-state index in [4.69, 9.17) is 4.74 Å². The van der Waals surface area contributed by atoms with Crippen molar-refractivity contribution in [3.63, 3.8) is 0 Å². The molecule has 1 aliphatic heterocycles. The van der Waals surface area contributed by atoms with Crippen LogP contribution in [0.15, 0.2) is 60.8 Å². The average Bonchev–Trinajstić information content (AvgIpc) is 3.45. The minimum atomic E-state index is -0.583. The molecule has 1 aliphatic rings. The van der Waals surface area contributed by atoms with E-state index in [9.17, 15) is 14.7 Å². The number of hydrogen-bond acceptors (Lipinski definition) is 4. The fourth-order valence-corrected chi connectivity index (χ4v) is 4.08. The zero-order chi connectivity index (χ0) is 21.6. The molecule has 7 nitrogen and oxygen atoms in total. The number of nitrogens with zero attached hydrogens (tertiary/aromatic N) is 1. The lowest BCUT2D eigenvalue weighted by Gasteiger charge is -2.25. The van der Waals surface area contributed by atoms with Gasteiger partial charge in [-0.1, -0.05) is 48.5 Å². The number of ether oxygens (including phenoxy) is 1. The van der Waals surface area contributed by atoms with E-state index in [-0.39, 0.29) is 19.1 Å². The number of nitrogens with one attached hydrogen (secondary N) is 2. The smallest absolute Gasteiger partial charge is 0.410 e. The average molecular weight is 421 g/mol. The summed E-state index contributed by atoms with van der Waals surface area (Å²) in [5, 5.41) is 13.8. The molecule has 2 unspecified atom stereocenters. The van der Waals surface area contributed by atoms with Gasteiger partial charge in [0.2, 0.25) is 5.91 Å². The van der Waals surface area contributed by atoms with Crippen molar-refractivity contribution in [3.05, 3.63) is 71.9 Å². The van der Waals surface area contributed by atoms with Crippen molar-refractivity contribution in [2.75, 3.05) is 13.2 Å². The van der Waals surface area contributed by atoms with Gasteiger partial charge in [0.25, 0.3) is 0 Å². The Morgan fingerprint density at radius 1 is 1.16 bits per heavy atom. The minimum absolute atomic E-state index is 0.171. The highest BCUT2D eigenvalue weighted by Crippen LogP contribution is 2.21. The minimum Gasteiger partial charge on any atom is -0.445 e. The Labute approximate surface area is 181 Å². The third kappa shape index (κ3) is 4.88. The van der Waals surface area contributed by atoms with Crippen molar-refractivity contribution in [1.82, 2.24) is 15.2 Å². The fourth-order valence-electron chi connectivity index (χ4n) is 4.08. The number of carbonyl (C=O) groups is 2. The lowest BCUT2D eigenvalue weighted by molar-refractivity contribution is -0.126. The molecule has 2 amide bonds. The SMILES string of the molecule is O=C(NC(CO)Cc1c[nH]c2ccccc12)C1CCCN1C(=O)OCc1ccccc1. The van der Waals surface area contributed by atoms with Crippen LogP contribution in [0.2, 0.25) is 0 Å². The number of aliphatic hydroxyl groups excluding tert-OH is 1. The van der Waals surface area contributed by atoms with Crippen LogP contribution in [0.4, 0.5) is 4.79 Å². The maximum atomic E-state index is 12.9. The Morgan fingerprint density at radius 2 is 1.94 bits per heavy atom. The van der Waals surface area contributed by atoms with Crippen molar-refractivity contribution in [1.29, 1.82) is 0 Å². The van der Waals surface area contributed by atoms with Crippen LogP contribution in [0.25, 0.3) is 10.9 Å². The summed E-state index contributed by atoms with van der Waals surface area (Å²) >= 11 is 0. The molecular weight excluding hydrogens is 394 g/mol. The number of H-pyrrole nitrogens is 1. The Hall–Kier alpha value is -3.32. The molecule has 3 N–H and O–H groups in total. The van der Waals surface area contributed by atoms with Crippen LogP contribution in [-0.4, -0.2) is 52.2 Å². The number of para-hydroxylation sites is 1. The molecule has 1 aromatic heterocycles. The van der Waals surface area contributed by atoms with Gasteiger partial charge >= 0.3 is 6.09 Å². The van der Waals surface area contributed by atoms with E-state index in [0.29, 0.717) is 19.4 Å². The summed E-state index contributed by atoms with van der Waals surface area (Å²) in [6, 6.07) is 16.4. The van der Waals surface area contributed by atoms with Gasteiger partial charge in [0.1, 0.15) is 12.6 Å². The highest BCUT2D eigenvalue weighted by Gasteiger charge is 2.35. The molecule has 0 radical (unpaired) electrons. The van der Waals surface area contributed by atoms with Crippen molar-refractivity contribution in [2.45, 2.75) is 38.0 Å². The van der Waals surface area contributed by atoms with Crippen LogP contribution in [0.5, 0.6) is 0 Å². The first kappa shape index (κ1) is 20.9. The molecule has 0 bridgehead atoms. The van der Waals surface area contributed by atoms with Gasteiger partial charge in [-0.05, 0) is 36.5 Å². The number of rotatable bonds is 7. The van der Waals surface area contributed by atoms with E-state index in [1.54, 1.807) is 0 Å². The lowest BCUT2D eigenvalue weighted by atomic mass is 10.0. The summed E-state index contributed by atoms with van der Waals surface area (Å²) in [6.07, 6.45) is 3.24. The van der Waals surface area contributed by atoms with E-state index in [0.717, 1.165) is 28.5 Å². The molecule has 1 fully saturated rings. The number of fused-ring (bicyclic) bond motifs is 1. The quantitative estimate of drug-likeness (QED) is 0.547. The van der Waals surface area contributed by atoms with Gasteiger partial charge in [-0.25, -0.2) is 4.79 Å². The summed E-state index contributed by atoms with van der Waals surface area (Å²) in [4.78, 5) is 30.2. The Bertz CT molecular complexity index is 1030. The summed E-state index contributed by atoms with van der Waals surface area (Å²) in [6.45, 7) is 0.471. The third-order valence-corrected chi connectivity index (χ3v) is 5.70. The molecule has 2 aromatic carbocycles. The number of benzene rings is 2. The molecule has 162 valence electrons. The van der Waals surface area contributed by atoms with Crippen LogP contribution in [0.3, 0.4) is 0 Å². The molecule has 0 aliphatic carbocycles. The zero-order valence-electron chi connectivity index (χ0n) is 17.3. The highest BCUT2D eigenvalue weighted by molar-refractivity contribution is 5.87. The molecule has 1 saturated heterocycles. The van der Waals surface area contributed by atoms with Crippen LogP contribution >= 0.6 is 0 Å². The van der Waals surface area contributed by atoms with Gasteiger partial charge < -0.3 is 20.1 Å². The van der Waals surface area contributed by atoms with E-state index >= 15 is 0 Å². The molecule has 0 saturated carbocycles. The molecule has 4 rings (SSSR count). The largest absolute Gasteiger partial charge is 0.445 e. The molecule has 3 aromatic rings. The van der Waals surface area contributed by atoms with Crippen molar-refractivity contribution in [3.8, 4) is 0 Å². The van der Waals surface area contributed by atoms with Crippen LogP contribution < -0.4 is 5.32 Å². The second-order valence-corrected chi connectivity index (χ2v) is 7.84. The lowest BCUT2D eigenvalue weighted by Crippen LogP contribution is -2.50. The first-order valence-electron chi connectivity index (χ1n) is 10.6. The van der Waals surface area contributed by atoms with E-state index in [1.807, 2.05) is 60.8 Å². The molecule has 0 spiro atoms. The first-order chi connectivity index (χ1) is 15.2. The predicted octanol–water partition coefficient (Wildman–Crippen LogP) is 2.99. The number of aromatic nitrogens is 1. The normalized spacial score (nSPS) is 16.9. The summed E-state index contributed by atoms with van der Waals surface area (Å²) < 4.78 is 5.41. The molecule has 2 heterocycles. The number of hydrogen-bond donors (Lipinski definition) is 3. The maximum absolute atomic E-state index is 12.9. The molecule has 7 heteroatoms. The third-order valence-electron chi connectivity index (χ3n) is 5.70. The molecule has 2 atom stereocenters. The van der Waals surface area contributed by atoms with E-state index < -0.39 is 18.2 Å². The van der Waals surface area contributed by atoms with E-state index in [2.05, 4.69) is 10.3 Å². The van der Waals surface area contributed by atoms with Gasteiger partial charge in [0.15, 0.2) is 0 Å². The second kappa shape index (κ2) is 9.66. The molecule has 31 heavy (non-hydrogen) atoms. The van der Waals surface area contributed by atoms with Crippen molar-refractivity contribution in [2.24, 2.45) is 0 Å². The monoisotopic (exact) mass is 421 g/mol. The maximum Gasteiger partial charge on any atom is 0.410 e. The second-order valence-electron chi connectivity index (χ2n) is 7.84. The Morgan fingerprint density at radius 3 is 2.74 bits per heavy atom. The van der Waals surface area contributed by atoms with Gasteiger partial charge in [0.05, 0.1) is 12.6 Å². The number of aromatic amines is 1. The summed E-state index contributed by atoms with van der Waals surface area (Å²) in [5.41, 5.74) is 2.94. The van der Waals surface area contributed by atoms with Gasteiger partial charge in [-0.2, -0.15) is 0 Å². The van der Waals surface area contributed by atoms with E-state index in [1.165, 1.54) is 4.90 Å². The van der Waals surface area contributed by atoms with Crippen molar-refractivity contribution >= 4 is 22.9 Å². The number of amides is 2. The number of likely N-dealkylation sites (tertiary alicyclic amines) is 1. The summed E-state index contributed by atoms with van der Waals surface area (Å²) in [7, 11) is 0. The van der Waals surface area contributed by atoms with Gasteiger partial charge in [0, 0.05) is 23.6 Å². The summed E-state index contributed by atoms with van der Waals surface area (Å²) in [5.74, 6) is -0.256. The van der Waals surface area contributed by atoms with Crippen LogP contribution in [0.1, 0.15) is 24.0 Å². The highest BCUT2D eigenvalue weighted by atomic mass is 16.6. The fraction of sp³-hybridized carbons (Fsp3) is 0.333. The van der Waals surface area contributed by atoms with Crippen LogP contribution in [-0.2, 0) is 22.6 Å². The topological polar surface area (TPSA) is 94.7 Å².